The van der Waals surface area contributed by atoms with Crippen molar-refractivity contribution < 1.29 is 14.3 Å². The zero-order valence-corrected chi connectivity index (χ0v) is 15.5. The summed E-state index contributed by atoms with van der Waals surface area (Å²) in [4.78, 5) is 26.3. The highest BCUT2D eigenvalue weighted by atomic mass is 35.5. The van der Waals surface area contributed by atoms with Gasteiger partial charge in [0.1, 0.15) is 5.75 Å². The van der Waals surface area contributed by atoms with Gasteiger partial charge in [0.25, 0.3) is 11.1 Å². The number of methoxy groups -OCH3 is 1. The number of carbonyl (C=O) groups excluding carboxylic acids is 2. The van der Waals surface area contributed by atoms with Crippen molar-refractivity contribution in [1.82, 2.24) is 4.90 Å². The lowest BCUT2D eigenvalue weighted by atomic mass is 10.2. The fourth-order valence-electron chi connectivity index (χ4n) is 2.33. The molecule has 1 saturated heterocycles. The van der Waals surface area contributed by atoms with Crippen LogP contribution in [-0.2, 0) is 11.3 Å². The zero-order valence-electron chi connectivity index (χ0n) is 13.2. The van der Waals surface area contributed by atoms with Gasteiger partial charge in [-0.2, -0.15) is 0 Å². The molecular weight excluding hydrogens is 381 g/mol. The van der Waals surface area contributed by atoms with Crippen LogP contribution in [0.4, 0.5) is 4.79 Å². The van der Waals surface area contributed by atoms with E-state index in [9.17, 15) is 9.59 Å². The molecule has 2 aromatic rings. The van der Waals surface area contributed by atoms with Crippen molar-refractivity contribution in [1.29, 1.82) is 0 Å². The number of benzene rings is 2. The van der Waals surface area contributed by atoms with Gasteiger partial charge in [-0.3, -0.25) is 14.5 Å². The Bertz CT molecular complexity index is 845. The lowest BCUT2D eigenvalue weighted by molar-refractivity contribution is -0.123. The van der Waals surface area contributed by atoms with Crippen LogP contribution in [0.5, 0.6) is 5.75 Å². The Hall–Kier alpha value is -1.95. The van der Waals surface area contributed by atoms with Gasteiger partial charge in [-0.1, -0.05) is 41.4 Å². The van der Waals surface area contributed by atoms with Crippen molar-refractivity contribution >= 4 is 52.2 Å². The van der Waals surface area contributed by atoms with Crippen LogP contribution in [0.25, 0.3) is 6.08 Å². The maximum atomic E-state index is 12.6. The highest BCUT2D eigenvalue weighted by molar-refractivity contribution is 8.18. The summed E-state index contributed by atoms with van der Waals surface area (Å²) in [5.74, 6) is 0.362. The first kappa shape index (κ1) is 17.9. The predicted octanol–water partition coefficient (Wildman–Crippen LogP) is 5.24. The van der Waals surface area contributed by atoms with Crippen LogP contribution in [0.3, 0.4) is 0 Å². The number of hydrogen-bond donors (Lipinski definition) is 0. The normalized spacial score (nSPS) is 16.0. The van der Waals surface area contributed by atoms with E-state index in [-0.39, 0.29) is 17.7 Å². The molecule has 0 N–H and O–H groups in total. The molecule has 1 heterocycles. The third-order valence-electron chi connectivity index (χ3n) is 3.67. The van der Waals surface area contributed by atoms with Gasteiger partial charge in [0.15, 0.2) is 0 Å². The molecule has 2 aromatic carbocycles. The highest BCUT2D eigenvalue weighted by Crippen LogP contribution is 2.35. The second-order valence-corrected chi connectivity index (χ2v) is 7.05. The first-order valence-corrected chi connectivity index (χ1v) is 8.89. The van der Waals surface area contributed by atoms with Gasteiger partial charge in [0, 0.05) is 15.6 Å². The lowest BCUT2D eigenvalue weighted by Gasteiger charge is -2.14. The number of thioether (sulfide) groups is 1. The monoisotopic (exact) mass is 393 g/mol. The van der Waals surface area contributed by atoms with Gasteiger partial charge in [0.05, 0.1) is 18.6 Å². The molecule has 7 heteroatoms. The maximum absolute atomic E-state index is 12.6. The van der Waals surface area contributed by atoms with Gasteiger partial charge in [0.2, 0.25) is 0 Å². The van der Waals surface area contributed by atoms with E-state index in [4.69, 9.17) is 27.9 Å². The van der Waals surface area contributed by atoms with Crippen LogP contribution < -0.4 is 4.74 Å². The molecule has 1 fully saturated rings. The number of amides is 2. The standard InChI is InChI=1S/C18H13Cl2NO3S/c1-24-12-7-5-11(6-8-12)9-16-17(22)21(18(23)25-16)10-13-14(19)3-2-4-15(13)20/h2-9H,10H2,1H3. The smallest absolute Gasteiger partial charge is 0.293 e. The second kappa shape index (κ2) is 7.52. The third kappa shape index (κ3) is 3.84. The zero-order chi connectivity index (χ0) is 18.0. The van der Waals surface area contributed by atoms with Crippen molar-refractivity contribution in [2.24, 2.45) is 0 Å². The Morgan fingerprint density at radius 3 is 2.32 bits per heavy atom. The van der Waals surface area contributed by atoms with E-state index in [2.05, 4.69) is 0 Å². The summed E-state index contributed by atoms with van der Waals surface area (Å²) >= 11 is 13.2. The minimum atomic E-state index is -0.359. The summed E-state index contributed by atoms with van der Waals surface area (Å²) in [7, 11) is 1.58. The fraction of sp³-hybridized carbons (Fsp3) is 0.111. The molecule has 0 atom stereocenters. The first-order valence-electron chi connectivity index (χ1n) is 7.32. The van der Waals surface area contributed by atoms with Gasteiger partial charge in [-0.15, -0.1) is 0 Å². The third-order valence-corrected chi connectivity index (χ3v) is 5.28. The SMILES string of the molecule is COc1ccc(C=C2SC(=O)N(Cc3c(Cl)cccc3Cl)C2=O)cc1. The van der Waals surface area contributed by atoms with Crippen molar-refractivity contribution in [2.75, 3.05) is 7.11 Å². The topological polar surface area (TPSA) is 46.6 Å². The average molecular weight is 394 g/mol. The highest BCUT2D eigenvalue weighted by Gasteiger charge is 2.35. The molecule has 0 unspecified atom stereocenters. The van der Waals surface area contributed by atoms with E-state index in [1.165, 1.54) is 0 Å². The van der Waals surface area contributed by atoms with Gasteiger partial charge in [-0.25, -0.2) is 0 Å². The quantitative estimate of drug-likeness (QED) is 0.666. The number of rotatable bonds is 4. The van der Waals surface area contributed by atoms with E-state index in [1.54, 1.807) is 43.5 Å². The molecule has 3 rings (SSSR count). The van der Waals surface area contributed by atoms with Gasteiger partial charge >= 0.3 is 0 Å². The summed E-state index contributed by atoms with van der Waals surface area (Å²) in [6, 6.07) is 12.3. The largest absolute Gasteiger partial charge is 0.497 e. The Kier molecular flexibility index (Phi) is 5.37. The molecule has 0 aliphatic carbocycles. The van der Waals surface area contributed by atoms with Crippen LogP contribution in [0.15, 0.2) is 47.4 Å². The van der Waals surface area contributed by atoms with E-state index in [1.807, 2.05) is 12.1 Å². The Balaban J connectivity index is 1.83. The molecule has 128 valence electrons. The molecule has 25 heavy (non-hydrogen) atoms. The second-order valence-electron chi connectivity index (χ2n) is 5.24. The van der Waals surface area contributed by atoms with E-state index >= 15 is 0 Å². The minimum Gasteiger partial charge on any atom is -0.497 e. The van der Waals surface area contributed by atoms with Crippen LogP contribution in [0, 0.1) is 0 Å². The molecule has 0 spiro atoms. The van der Waals surface area contributed by atoms with Crippen molar-refractivity contribution in [3.63, 3.8) is 0 Å². The summed E-state index contributed by atoms with van der Waals surface area (Å²) in [5.41, 5.74) is 1.36. The Morgan fingerprint density at radius 2 is 1.72 bits per heavy atom. The maximum Gasteiger partial charge on any atom is 0.293 e. The molecule has 0 radical (unpaired) electrons. The number of ether oxygens (including phenoxy) is 1. The van der Waals surface area contributed by atoms with Crippen LogP contribution >= 0.6 is 35.0 Å². The van der Waals surface area contributed by atoms with E-state index in [0.717, 1.165) is 28.0 Å². The number of imide groups is 1. The molecule has 1 aliphatic heterocycles. The number of nitrogens with zero attached hydrogens (tertiary/aromatic N) is 1. The number of hydrogen-bond acceptors (Lipinski definition) is 4. The van der Waals surface area contributed by atoms with Gasteiger partial charge in [-0.05, 0) is 47.7 Å². The van der Waals surface area contributed by atoms with Crippen molar-refractivity contribution in [3.8, 4) is 5.75 Å². The molecule has 2 amide bonds. The van der Waals surface area contributed by atoms with Crippen molar-refractivity contribution in [3.05, 3.63) is 68.5 Å². The molecule has 4 nitrogen and oxygen atoms in total. The molecule has 0 aromatic heterocycles. The minimum absolute atomic E-state index is 0.0448. The summed E-state index contributed by atoms with van der Waals surface area (Å²) in [6.45, 7) is 0.0448. The van der Waals surface area contributed by atoms with Crippen LogP contribution in [-0.4, -0.2) is 23.2 Å². The number of halogens is 2. The van der Waals surface area contributed by atoms with Crippen molar-refractivity contribution in [2.45, 2.75) is 6.54 Å². The number of carbonyl (C=O) groups is 2. The van der Waals surface area contributed by atoms with Gasteiger partial charge < -0.3 is 4.74 Å². The lowest BCUT2D eigenvalue weighted by Crippen LogP contribution is -2.27. The summed E-state index contributed by atoms with van der Waals surface area (Å²) < 4.78 is 5.10. The van der Waals surface area contributed by atoms with E-state index < -0.39 is 0 Å². The molecule has 0 bridgehead atoms. The Labute approximate surface area is 159 Å². The van der Waals surface area contributed by atoms with E-state index in [0.29, 0.717) is 20.5 Å². The first-order chi connectivity index (χ1) is 12.0. The fourth-order valence-corrected chi connectivity index (χ4v) is 3.68. The predicted molar refractivity (Wildman–Crippen MR) is 101 cm³/mol. The summed E-state index contributed by atoms with van der Waals surface area (Å²) in [5, 5.41) is 0.497. The molecule has 0 saturated carbocycles. The molecule has 1 aliphatic rings. The average Bonchev–Trinajstić information content (AvgIpc) is 2.86. The van der Waals surface area contributed by atoms with Crippen LogP contribution in [0.1, 0.15) is 11.1 Å². The Morgan fingerprint density at radius 1 is 1.08 bits per heavy atom. The molecular formula is C18H13Cl2NO3S. The summed E-state index contributed by atoms with van der Waals surface area (Å²) in [6.07, 6.45) is 1.68. The van der Waals surface area contributed by atoms with Crippen LogP contribution in [0.2, 0.25) is 10.0 Å².